The first-order chi connectivity index (χ1) is 12.1. The minimum atomic E-state index is -0.617. The zero-order chi connectivity index (χ0) is 17.9. The third kappa shape index (κ3) is 3.30. The van der Waals surface area contributed by atoms with Gasteiger partial charge in [-0.1, -0.05) is 18.2 Å². The lowest BCUT2D eigenvalue weighted by Crippen LogP contribution is -2.28. The lowest BCUT2D eigenvalue weighted by molar-refractivity contribution is -0.0128. The Morgan fingerprint density at radius 2 is 2.04 bits per heavy atom. The van der Waals surface area contributed by atoms with Gasteiger partial charge in [-0.3, -0.25) is 0 Å². The molecule has 1 aliphatic rings. The third-order valence-corrected chi connectivity index (χ3v) is 4.70. The molecule has 0 aliphatic carbocycles. The summed E-state index contributed by atoms with van der Waals surface area (Å²) in [4.78, 5) is 11.8. The van der Waals surface area contributed by atoms with Gasteiger partial charge in [-0.15, -0.1) is 0 Å². The number of ether oxygens (including phenoxy) is 2. The van der Waals surface area contributed by atoms with E-state index in [9.17, 15) is 9.18 Å². The highest BCUT2D eigenvalue weighted by molar-refractivity contribution is 5.89. The maximum Gasteiger partial charge on any atom is 0.337 e. The molecule has 0 amide bonds. The third-order valence-electron chi connectivity index (χ3n) is 4.70. The van der Waals surface area contributed by atoms with Crippen LogP contribution in [-0.4, -0.2) is 26.7 Å². The molecule has 2 aromatic carbocycles. The van der Waals surface area contributed by atoms with E-state index in [2.05, 4.69) is 5.32 Å². The maximum atomic E-state index is 13.4. The van der Waals surface area contributed by atoms with Crippen molar-refractivity contribution in [1.29, 1.82) is 0 Å². The van der Waals surface area contributed by atoms with E-state index in [1.165, 1.54) is 19.2 Å². The first-order valence-corrected chi connectivity index (χ1v) is 8.37. The van der Waals surface area contributed by atoms with Crippen molar-refractivity contribution >= 4 is 5.97 Å². The van der Waals surface area contributed by atoms with Crippen LogP contribution in [0.15, 0.2) is 42.5 Å². The fraction of sp³-hybridized carbons (Fsp3) is 0.350. The quantitative estimate of drug-likeness (QED) is 0.645. The van der Waals surface area contributed by atoms with Crippen LogP contribution < -0.4 is 5.32 Å². The van der Waals surface area contributed by atoms with Gasteiger partial charge in [-0.05, 0) is 67.4 Å². The lowest BCUT2D eigenvalue weighted by atomic mass is 9.81. The van der Waals surface area contributed by atoms with Crippen molar-refractivity contribution in [3.05, 3.63) is 70.5 Å². The highest BCUT2D eigenvalue weighted by Crippen LogP contribution is 2.45. The number of hydrogen-bond donors (Lipinski definition) is 1. The Balaban J connectivity index is 2.03. The van der Waals surface area contributed by atoms with E-state index in [1.807, 2.05) is 19.2 Å². The van der Waals surface area contributed by atoms with Crippen molar-refractivity contribution in [3.63, 3.8) is 0 Å². The average molecular weight is 343 g/mol. The number of rotatable bonds is 6. The normalized spacial score (nSPS) is 18.8. The first-order valence-electron chi connectivity index (χ1n) is 8.37. The number of methoxy groups -OCH3 is 1. The fourth-order valence-electron chi connectivity index (χ4n) is 3.45. The summed E-state index contributed by atoms with van der Waals surface area (Å²) in [6.07, 6.45) is 1.68. The highest BCUT2D eigenvalue weighted by atomic mass is 19.1. The predicted octanol–water partition coefficient (Wildman–Crippen LogP) is 3.39. The molecule has 2 aromatic rings. The van der Waals surface area contributed by atoms with E-state index in [0.717, 1.165) is 36.1 Å². The Labute approximate surface area is 147 Å². The summed E-state index contributed by atoms with van der Waals surface area (Å²) in [5.41, 5.74) is 2.82. The zero-order valence-electron chi connectivity index (χ0n) is 14.5. The topological polar surface area (TPSA) is 47.6 Å². The van der Waals surface area contributed by atoms with E-state index in [0.29, 0.717) is 12.2 Å². The van der Waals surface area contributed by atoms with E-state index in [4.69, 9.17) is 9.47 Å². The summed E-state index contributed by atoms with van der Waals surface area (Å²) in [7, 11) is 3.28. The van der Waals surface area contributed by atoms with Crippen LogP contribution >= 0.6 is 0 Å². The number of halogens is 1. The van der Waals surface area contributed by atoms with Crippen molar-refractivity contribution in [3.8, 4) is 0 Å². The van der Waals surface area contributed by atoms with Gasteiger partial charge < -0.3 is 14.8 Å². The van der Waals surface area contributed by atoms with Crippen molar-refractivity contribution < 1.29 is 18.7 Å². The molecular formula is C20H22FNO3. The molecule has 1 aliphatic heterocycles. The molecule has 0 fully saturated rings. The van der Waals surface area contributed by atoms with Crippen LogP contribution in [0.25, 0.3) is 0 Å². The Bertz CT molecular complexity index is 760. The van der Waals surface area contributed by atoms with Gasteiger partial charge in [-0.2, -0.15) is 0 Å². The lowest BCUT2D eigenvalue weighted by Gasteiger charge is -2.30. The monoisotopic (exact) mass is 343 g/mol. The van der Waals surface area contributed by atoms with Gasteiger partial charge in [0.2, 0.25) is 0 Å². The summed E-state index contributed by atoms with van der Waals surface area (Å²) in [5.74, 6) is -0.634. The molecule has 0 bridgehead atoms. The molecule has 1 atom stereocenters. The number of hydrogen-bond acceptors (Lipinski definition) is 4. The molecule has 4 nitrogen and oxygen atoms in total. The first kappa shape index (κ1) is 17.6. The molecule has 3 rings (SSSR count). The van der Waals surface area contributed by atoms with Gasteiger partial charge in [0.1, 0.15) is 11.4 Å². The predicted molar refractivity (Wildman–Crippen MR) is 92.9 cm³/mol. The molecule has 5 heteroatoms. The number of carbonyl (C=O) groups excluding carboxylic acids is 1. The summed E-state index contributed by atoms with van der Waals surface area (Å²) in [5, 5.41) is 3.15. The van der Waals surface area contributed by atoms with Crippen LogP contribution in [-0.2, 0) is 21.7 Å². The Morgan fingerprint density at radius 1 is 1.28 bits per heavy atom. The van der Waals surface area contributed by atoms with Crippen LogP contribution in [0.4, 0.5) is 4.39 Å². The fourth-order valence-corrected chi connectivity index (χ4v) is 3.45. The van der Waals surface area contributed by atoms with Gasteiger partial charge in [0.05, 0.1) is 19.3 Å². The number of esters is 1. The average Bonchev–Trinajstić information content (AvgIpc) is 3.01. The Morgan fingerprint density at radius 3 is 2.72 bits per heavy atom. The molecule has 1 N–H and O–H groups in total. The summed E-state index contributed by atoms with van der Waals surface area (Å²) >= 11 is 0. The minimum Gasteiger partial charge on any atom is -0.465 e. The Hall–Kier alpha value is -2.24. The van der Waals surface area contributed by atoms with Crippen LogP contribution in [0, 0.1) is 5.82 Å². The van der Waals surface area contributed by atoms with E-state index in [1.54, 1.807) is 18.2 Å². The van der Waals surface area contributed by atoms with E-state index < -0.39 is 5.60 Å². The SMILES string of the molecule is CNCCCC1(c2ccc(F)cc2)OCc2cc(C(=O)OC)ccc21. The van der Waals surface area contributed by atoms with E-state index in [-0.39, 0.29) is 11.8 Å². The second-order valence-corrected chi connectivity index (χ2v) is 6.19. The van der Waals surface area contributed by atoms with Gasteiger partial charge in [0.15, 0.2) is 0 Å². The van der Waals surface area contributed by atoms with Crippen molar-refractivity contribution in [2.75, 3.05) is 20.7 Å². The Kier molecular flexibility index (Phi) is 5.16. The van der Waals surface area contributed by atoms with Gasteiger partial charge in [0, 0.05) is 0 Å². The molecular weight excluding hydrogens is 321 g/mol. The van der Waals surface area contributed by atoms with Crippen LogP contribution in [0.3, 0.4) is 0 Å². The summed E-state index contributed by atoms with van der Waals surface area (Å²) in [6, 6.07) is 12.0. The van der Waals surface area contributed by atoms with Gasteiger partial charge >= 0.3 is 5.97 Å². The molecule has 0 saturated carbocycles. The number of benzene rings is 2. The largest absolute Gasteiger partial charge is 0.465 e. The smallest absolute Gasteiger partial charge is 0.337 e. The van der Waals surface area contributed by atoms with Crippen molar-refractivity contribution in [1.82, 2.24) is 5.32 Å². The molecule has 0 saturated heterocycles. The second-order valence-electron chi connectivity index (χ2n) is 6.19. The van der Waals surface area contributed by atoms with Crippen molar-refractivity contribution in [2.24, 2.45) is 0 Å². The molecule has 0 spiro atoms. The second kappa shape index (κ2) is 7.33. The minimum absolute atomic E-state index is 0.270. The van der Waals surface area contributed by atoms with Crippen LogP contribution in [0.2, 0.25) is 0 Å². The number of fused-ring (bicyclic) bond motifs is 1. The van der Waals surface area contributed by atoms with E-state index >= 15 is 0 Å². The van der Waals surface area contributed by atoms with Gasteiger partial charge in [-0.25, -0.2) is 9.18 Å². The van der Waals surface area contributed by atoms with Crippen molar-refractivity contribution in [2.45, 2.75) is 25.0 Å². The molecule has 25 heavy (non-hydrogen) atoms. The van der Waals surface area contributed by atoms with Gasteiger partial charge in [0.25, 0.3) is 0 Å². The zero-order valence-corrected chi connectivity index (χ0v) is 14.5. The number of nitrogens with one attached hydrogen (secondary N) is 1. The van der Waals surface area contributed by atoms with Crippen LogP contribution in [0.1, 0.15) is 39.9 Å². The number of carbonyl (C=O) groups is 1. The molecule has 132 valence electrons. The standard InChI is InChI=1S/C20H22FNO3/c1-22-11-3-10-20(16-5-7-17(21)8-6-16)18-9-4-14(19(23)24-2)12-15(18)13-25-20/h4-9,12,22H,3,10-11,13H2,1-2H3. The molecule has 0 radical (unpaired) electrons. The maximum absolute atomic E-state index is 13.4. The molecule has 0 aromatic heterocycles. The van der Waals surface area contributed by atoms with Crippen LogP contribution in [0.5, 0.6) is 0 Å². The molecule has 1 unspecified atom stereocenters. The summed E-state index contributed by atoms with van der Waals surface area (Å²) in [6.45, 7) is 1.28. The highest BCUT2D eigenvalue weighted by Gasteiger charge is 2.41. The molecule has 1 heterocycles. The summed E-state index contributed by atoms with van der Waals surface area (Å²) < 4.78 is 24.4.